The monoisotopic (exact) mass is 465 g/mol. The van der Waals surface area contributed by atoms with Crippen LogP contribution in [0.15, 0.2) is 96.4 Å². The van der Waals surface area contributed by atoms with Crippen LogP contribution in [-0.2, 0) is 11.4 Å². The second-order valence-electron chi connectivity index (χ2n) is 7.21. The van der Waals surface area contributed by atoms with Crippen LogP contribution in [0.4, 0.5) is 0 Å². The van der Waals surface area contributed by atoms with E-state index in [-0.39, 0.29) is 48.9 Å². The average molecular weight is 465 g/mol. The third kappa shape index (κ3) is 6.35. The maximum absolute atomic E-state index is 11.4. The first kappa shape index (κ1) is 25.2. The van der Waals surface area contributed by atoms with Crippen molar-refractivity contribution in [2.24, 2.45) is 5.16 Å². The summed E-state index contributed by atoms with van der Waals surface area (Å²) < 4.78 is 7.59. The van der Waals surface area contributed by atoms with E-state index < -0.39 is 5.97 Å². The molecule has 0 bridgehead atoms. The van der Waals surface area contributed by atoms with Crippen LogP contribution >= 0.6 is 0 Å². The molecule has 0 aliphatic rings. The predicted molar refractivity (Wildman–Crippen MR) is 126 cm³/mol. The van der Waals surface area contributed by atoms with E-state index in [4.69, 9.17) is 9.57 Å². The van der Waals surface area contributed by atoms with Crippen LogP contribution in [0.5, 0.6) is 11.5 Å². The molecular formula is C26H24N3NaO4. The number of carboxylic acids is 1. The van der Waals surface area contributed by atoms with E-state index in [9.17, 15) is 9.90 Å². The normalized spacial score (nSPS) is 10.9. The fraction of sp³-hybridized carbons (Fsp3) is 0.115. The van der Waals surface area contributed by atoms with Crippen LogP contribution in [0, 0.1) is 0 Å². The second kappa shape index (κ2) is 12.2. The van der Waals surface area contributed by atoms with E-state index in [1.807, 2.05) is 55.6 Å². The summed E-state index contributed by atoms with van der Waals surface area (Å²) in [5.74, 6) is -0.226. The Morgan fingerprint density at radius 3 is 2.56 bits per heavy atom. The van der Waals surface area contributed by atoms with Crippen LogP contribution in [0.3, 0.4) is 0 Å². The summed E-state index contributed by atoms with van der Waals surface area (Å²) in [6, 6.07) is 23.7. The molecular weight excluding hydrogens is 441 g/mol. The Kier molecular flexibility index (Phi) is 9.04. The summed E-state index contributed by atoms with van der Waals surface area (Å²) in [6.45, 7) is 2.28. The van der Waals surface area contributed by atoms with Crippen molar-refractivity contribution in [1.29, 1.82) is 0 Å². The average Bonchev–Trinajstić information content (AvgIpc) is 3.38. The number of carbonyl (C=O) groups is 1. The molecule has 4 rings (SSSR count). The number of hydrogen-bond acceptors (Lipinski definition) is 5. The standard InChI is InChI=1S/C26H23N3O4.Na.H/c1-2-24(20-11-13-21(14-12-20)29-16-6-15-27-29)28-32-18-19-7-5-8-22(17-19)33-25-10-4-3-9-23(25)26(30)31;;/h3-17H,2,18H2,1H3,(H,30,31);;/q;+1;-1. The molecule has 34 heavy (non-hydrogen) atoms. The zero-order chi connectivity index (χ0) is 23.0. The number of hydrogen-bond donors (Lipinski definition) is 1. The molecule has 0 spiro atoms. The topological polar surface area (TPSA) is 85.9 Å². The number of para-hydroxylation sites is 1. The zero-order valence-electron chi connectivity index (χ0n) is 20.1. The van der Waals surface area contributed by atoms with E-state index in [1.165, 1.54) is 6.07 Å². The fourth-order valence-electron chi connectivity index (χ4n) is 3.29. The Morgan fingerprint density at radius 1 is 1.06 bits per heavy atom. The molecule has 0 unspecified atom stereocenters. The molecule has 0 aliphatic carbocycles. The summed E-state index contributed by atoms with van der Waals surface area (Å²) in [6.07, 6.45) is 4.35. The van der Waals surface area contributed by atoms with Crippen molar-refractivity contribution >= 4 is 11.7 Å². The van der Waals surface area contributed by atoms with Gasteiger partial charge in [-0.1, -0.05) is 48.5 Å². The van der Waals surface area contributed by atoms with Gasteiger partial charge >= 0.3 is 35.5 Å². The molecule has 0 saturated carbocycles. The Labute approximate surface area is 221 Å². The number of nitrogens with zero attached hydrogens (tertiary/aromatic N) is 3. The van der Waals surface area contributed by atoms with Crippen molar-refractivity contribution in [3.05, 3.63) is 108 Å². The molecule has 1 heterocycles. The van der Waals surface area contributed by atoms with Gasteiger partial charge in [-0.2, -0.15) is 5.10 Å². The Balaban J connectivity index is 0.00000216. The van der Waals surface area contributed by atoms with E-state index >= 15 is 0 Å². The van der Waals surface area contributed by atoms with Gasteiger partial charge in [0.2, 0.25) is 0 Å². The maximum Gasteiger partial charge on any atom is 1.00 e. The Hall–Kier alpha value is -3.39. The number of carboxylic acid groups (broad SMARTS) is 1. The Morgan fingerprint density at radius 2 is 1.85 bits per heavy atom. The van der Waals surface area contributed by atoms with Crippen molar-refractivity contribution in [2.75, 3.05) is 0 Å². The van der Waals surface area contributed by atoms with E-state index in [2.05, 4.69) is 10.3 Å². The first-order valence-electron chi connectivity index (χ1n) is 10.5. The molecule has 0 saturated heterocycles. The van der Waals surface area contributed by atoms with Gasteiger partial charge in [0, 0.05) is 12.4 Å². The largest absolute Gasteiger partial charge is 1.00 e. The Bertz CT molecular complexity index is 1260. The number of benzene rings is 3. The molecule has 0 radical (unpaired) electrons. The molecule has 0 aliphatic heterocycles. The van der Waals surface area contributed by atoms with Crippen LogP contribution in [0.2, 0.25) is 0 Å². The van der Waals surface area contributed by atoms with Gasteiger partial charge in [0.05, 0.1) is 11.4 Å². The molecule has 1 aromatic heterocycles. The summed E-state index contributed by atoms with van der Waals surface area (Å²) in [5, 5.41) is 17.9. The molecule has 3 aromatic carbocycles. The van der Waals surface area contributed by atoms with Gasteiger partial charge in [0.15, 0.2) is 0 Å². The smallest absolute Gasteiger partial charge is 1.00 e. The summed E-state index contributed by atoms with van der Waals surface area (Å²) in [7, 11) is 0. The van der Waals surface area contributed by atoms with Crippen molar-refractivity contribution < 1.29 is 50.5 Å². The SMILES string of the molecule is CCC(=NOCc1cccc(Oc2ccccc2C(=O)O)c1)c1ccc(-n2cccn2)cc1.[H-].[Na+]. The van der Waals surface area contributed by atoms with Gasteiger partial charge in [-0.15, -0.1) is 0 Å². The van der Waals surface area contributed by atoms with Gasteiger partial charge in [0.25, 0.3) is 0 Å². The van der Waals surface area contributed by atoms with Crippen LogP contribution in [0.1, 0.15) is 36.3 Å². The molecule has 0 fully saturated rings. The summed E-state index contributed by atoms with van der Waals surface area (Å²) in [4.78, 5) is 17.0. The van der Waals surface area contributed by atoms with Crippen molar-refractivity contribution in [2.45, 2.75) is 20.0 Å². The van der Waals surface area contributed by atoms with E-state index in [0.717, 1.165) is 28.9 Å². The minimum absolute atomic E-state index is 0. The molecule has 0 amide bonds. The first-order valence-corrected chi connectivity index (χ1v) is 10.5. The van der Waals surface area contributed by atoms with Crippen molar-refractivity contribution in [3.63, 3.8) is 0 Å². The number of rotatable bonds is 9. The van der Waals surface area contributed by atoms with E-state index in [0.29, 0.717) is 5.75 Å². The predicted octanol–water partition coefficient (Wildman–Crippen LogP) is 2.81. The molecule has 1 N–H and O–H groups in total. The van der Waals surface area contributed by atoms with Gasteiger partial charge in [-0.3, -0.25) is 0 Å². The first-order chi connectivity index (χ1) is 16.1. The summed E-state index contributed by atoms with van der Waals surface area (Å²) >= 11 is 0. The minimum Gasteiger partial charge on any atom is -1.00 e. The zero-order valence-corrected chi connectivity index (χ0v) is 21.1. The maximum atomic E-state index is 11.4. The number of ether oxygens (including phenoxy) is 1. The molecule has 7 nitrogen and oxygen atoms in total. The molecule has 168 valence electrons. The molecule has 8 heteroatoms. The summed E-state index contributed by atoms with van der Waals surface area (Å²) in [5.41, 5.74) is 3.76. The van der Waals surface area contributed by atoms with E-state index in [1.54, 1.807) is 41.2 Å². The van der Waals surface area contributed by atoms with Crippen LogP contribution in [0.25, 0.3) is 5.69 Å². The van der Waals surface area contributed by atoms with Gasteiger partial charge in [-0.25, -0.2) is 9.48 Å². The van der Waals surface area contributed by atoms with Crippen LogP contribution in [-0.4, -0.2) is 26.6 Å². The van der Waals surface area contributed by atoms with Crippen LogP contribution < -0.4 is 34.3 Å². The third-order valence-corrected chi connectivity index (χ3v) is 4.95. The van der Waals surface area contributed by atoms with Crippen molar-refractivity contribution in [3.8, 4) is 17.2 Å². The quantitative estimate of drug-likeness (QED) is 0.233. The minimum atomic E-state index is -1.04. The second-order valence-corrected chi connectivity index (χ2v) is 7.21. The van der Waals surface area contributed by atoms with Gasteiger partial charge in [-0.05, 0) is 60.0 Å². The number of aromatic nitrogens is 2. The third-order valence-electron chi connectivity index (χ3n) is 4.95. The molecule has 0 atom stereocenters. The number of oxime groups is 1. The fourth-order valence-corrected chi connectivity index (χ4v) is 3.29. The molecule has 4 aromatic rings. The number of aromatic carboxylic acids is 1. The van der Waals surface area contributed by atoms with Gasteiger partial charge in [0.1, 0.15) is 23.7 Å². The van der Waals surface area contributed by atoms with Crippen molar-refractivity contribution in [1.82, 2.24) is 9.78 Å². The van der Waals surface area contributed by atoms with Gasteiger partial charge < -0.3 is 16.1 Å².